The van der Waals surface area contributed by atoms with Gasteiger partial charge >= 0.3 is 0 Å². The number of rotatable bonds is 5. The first kappa shape index (κ1) is 17.1. The van der Waals surface area contributed by atoms with Gasteiger partial charge in [-0.15, -0.1) is 0 Å². The summed E-state index contributed by atoms with van der Waals surface area (Å²) >= 11 is 0. The van der Waals surface area contributed by atoms with Gasteiger partial charge in [-0.05, 0) is 54.1 Å². The van der Waals surface area contributed by atoms with Crippen LogP contribution in [0.5, 0.6) is 5.75 Å². The second-order valence-corrected chi connectivity index (χ2v) is 7.12. The Kier molecular flexibility index (Phi) is 4.66. The van der Waals surface area contributed by atoms with Crippen LogP contribution in [-0.2, 0) is 6.54 Å². The molecule has 1 saturated heterocycles. The van der Waals surface area contributed by atoms with Crippen molar-refractivity contribution in [1.82, 2.24) is 9.88 Å². The molecule has 0 spiro atoms. The van der Waals surface area contributed by atoms with E-state index in [1.165, 1.54) is 17.0 Å². The van der Waals surface area contributed by atoms with E-state index in [-0.39, 0.29) is 12.4 Å². The van der Waals surface area contributed by atoms with Crippen molar-refractivity contribution in [2.45, 2.75) is 25.0 Å². The molecule has 0 bridgehead atoms. The lowest BCUT2D eigenvalue weighted by Crippen LogP contribution is -2.47. The third kappa shape index (κ3) is 3.74. The van der Waals surface area contributed by atoms with Gasteiger partial charge in [0, 0.05) is 31.3 Å². The number of ether oxygens (including phenoxy) is 1. The molecule has 0 unspecified atom stereocenters. The van der Waals surface area contributed by atoms with E-state index in [1.807, 2.05) is 6.20 Å². The molecule has 0 atom stereocenters. The second-order valence-electron chi connectivity index (χ2n) is 7.12. The van der Waals surface area contributed by atoms with Crippen molar-refractivity contribution in [2.75, 3.05) is 19.7 Å². The van der Waals surface area contributed by atoms with Crippen LogP contribution in [0.15, 0.2) is 54.7 Å². The minimum atomic E-state index is -0.899. The van der Waals surface area contributed by atoms with Crippen LogP contribution < -0.4 is 4.74 Å². The summed E-state index contributed by atoms with van der Waals surface area (Å²) < 4.78 is 19.2. The van der Waals surface area contributed by atoms with Gasteiger partial charge in [-0.25, -0.2) is 4.39 Å². The Balaban J connectivity index is 1.32. The number of piperidine rings is 1. The summed E-state index contributed by atoms with van der Waals surface area (Å²) in [4.78, 5) is 5.54. The predicted octanol–water partition coefficient (Wildman–Crippen LogP) is 3.71. The number of benzene rings is 2. The lowest BCUT2D eigenvalue weighted by molar-refractivity contribution is -0.0543. The summed E-state index contributed by atoms with van der Waals surface area (Å²) in [7, 11) is 0. The van der Waals surface area contributed by atoms with E-state index < -0.39 is 11.4 Å². The third-order valence-corrected chi connectivity index (χ3v) is 5.14. The van der Waals surface area contributed by atoms with E-state index in [1.54, 1.807) is 18.2 Å². The summed E-state index contributed by atoms with van der Waals surface area (Å²) in [6, 6.07) is 14.8. The zero-order valence-electron chi connectivity index (χ0n) is 14.6. The average Bonchev–Trinajstić information content (AvgIpc) is 3.11. The zero-order chi connectivity index (χ0) is 18.0. The molecule has 2 heterocycles. The molecule has 4 nitrogen and oxygen atoms in total. The molecule has 0 radical (unpaired) electrons. The number of nitrogens with one attached hydrogen (secondary N) is 1. The number of para-hydroxylation sites is 1. The van der Waals surface area contributed by atoms with Crippen molar-refractivity contribution in [3.05, 3.63) is 66.1 Å². The number of aromatic amines is 1. The monoisotopic (exact) mass is 354 g/mol. The SMILES string of the molecule is OC1(COc2ccccc2F)CCN(Cc2ccc3[nH]ccc3c2)CC1. The lowest BCUT2D eigenvalue weighted by Gasteiger charge is -2.38. The minimum absolute atomic E-state index is 0.122. The van der Waals surface area contributed by atoms with Crippen LogP contribution in [0.3, 0.4) is 0 Å². The molecule has 0 amide bonds. The Bertz CT molecular complexity index is 884. The largest absolute Gasteiger partial charge is 0.488 e. The Morgan fingerprint density at radius 2 is 1.92 bits per heavy atom. The van der Waals surface area contributed by atoms with Crippen LogP contribution in [0.1, 0.15) is 18.4 Å². The maximum atomic E-state index is 13.6. The molecule has 136 valence electrons. The van der Waals surface area contributed by atoms with Gasteiger partial charge in [0.1, 0.15) is 12.2 Å². The van der Waals surface area contributed by atoms with E-state index in [4.69, 9.17) is 4.74 Å². The molecule has 1 fully saturated rings. The average molecular weight is 354 g/mol. The lowest BCUT2D eigenvalue weighted by atomic mass is 9.92. The first-order valence-corrected chi connectivity index (χ1v) is 8.99. The van der Waals surface area contributed by atoms with Crippen LogP contribution in [0.25, 0.3) is 10.9 Å². The first-order valence-electron chi connectivity index (χ1n) is 8.99. The standard InChI is InChI=1S/C21H23FN2O2/c22-18-3-1-2-4-20(18)26-15-21(25)8-11-24(12-9-21)14-16-5-6-19-17(13-16)7-10-23-19/h1-7,10,13,23,25H,8-9,11-12,14-15H2. The van der Waals surface area contributed by atoms with Gasteiger partial charge in [-0.1, -0.05) is 18.2 Å². The number of nitrogens with zero attached hydrogens (tertiary/aromatic N) is 1. The van der Waals surface area contributed by atoms with Crippen LogP contribution in [-0.4, -0.2) is 40.3 Å². The smallest absolute Gasteiger partial charge is 0.165 e. The third-order valence-electron chi connectivity index (χ3n) is 5.14. The molecule has 0 saturated carbocycles. The molecule has 2 aromatic carbocycles. The van der Waals surface area contributed by atoms with Gasteiger partial charge in [-0.2, -0.15) is 0 Å². The molecule has 1 aliphatic rings. The Labute approximate surface area is 152 Å². The Morgan fingerprint density at radius 3 is 2.73 bits per heavy atom. The molecule has 1 aliphatic heterocycles. The number of hydrogen-bond acceptors (Lipinski definition) is 3. The van der Waals surface area contributed by atoms with E-state index >= 15 is 0 Å². The predicted molar refractivity (Wildman–Crippen MR) is 99.7 cm³/mol. The van der Waals surface area contributed by atoms with E-state index in [2.05, 4.69) is 34.1 Å². The number of H-pyrrole nitrogens is 1. The summed E-state index contributed by atoms with van der Waals surface area (Å²) in [6.45, 7) is 2.58. The van der Waals surface area contributed by atoms with Gasteiger partial charge in [0.05, 0.1) is 0 Å². The van der Waals surface area contributed by atoms with Gasteiger partial charge in [0.25, 0.3) is 0 Å². The molecule has 0 aliphatic carbocycles. The number of fused-ring (bicyclic) bond motifs is 1. The molecule has 26 heavy (non-hydrogen) atoms. The van der Waals surface area contributed by atoms with Crippen LogP contribution in [0, 0.1) is 5.82 Å². The number of aromatic nitrogens is 1. The fourth-order valence-corrected chi connectivity index (χ4v) is 3.50. The first-order chi connectivity index (χ1) is 12.6. The zero-order valence-corrected chi connectivity index (χ0v) is 14.6. The molecule has 5 heteroatoms. The van der Waals surface area contributed by atoms with E-state index in [0.717, 1.165) is 25.2 Å². The number of halogens is 1. The van der Waals surface area contributed by atoms with E-state index in [9.17, 15) is 9.50 Å². The Hall–Kier alpha value is -2.37. The number of hydrogen-bond donors (Lipinski definition) is 2. The van der Waals surface area contributed by atoms with Gasteiger partial charge < -0.3 is 14.8 Å². The maximum Gasteiger partial charge on any atom is 0.165 e. The summed E-state index contributed by atoms with van der Waals surface area (Å²) in [5, 5.41) is 12.0. The maximum absolute atomic E-state index is 13.6. The van der Waals surface area contributed by atoms with Gasteiger partial charge in [0.2, 0.25) is 0 Å². The van der Waals surface area contributed by atoms with Crippen molar-refractivity contribution < 1.29 is 14.2 Å². The summed E-state index contributed by atoms with van der Waals surface area (Å²) in [6.07, 6.45) is 3.19. The van der Waals surface area contributed by atoms with E-state index in [0.29, 0.717) is 12.8 Å². The highest BCUT2D eigenvalue weighted by atomic mass is 19.1. The highest BCUT2D eigenvalue weighted by Crippen LogP contribution is 2.26. The van der Waals surface area contributed by atoms with Crippen LogP contribution in [0.2, 0.25) is 0 Å². The molecule has 3 aromatic rings. The van der Waals surface area contributed by atoms with Crippen LogP contribution >= 0.6 is 0 Å². The highest BCUT2D eigenvalue weighted by Gasteiger charge is 2.33. The second kappa shape index (κ2) is 7.09. The van der Waals surface area contributed by atoms with Crippen molar-refractivity contribution in [3.63, 3.8) is 0 Å². The van der Waals surface area contributed by atoms with Crippen LogP contribution in [0.4, 0.5) is 4.39 Å². The van der Waals surface area contributed by atoms with Gasteiger partial charge in [-0.3, -0.25) is 4.90 Å². The molecular formula is C21H23FN2O2. The Morgan fingerprint density at radius 1 is 1.12 bits per heavy atom. The molecular weight excluding hydrogens is 331 g/mol. The fraction of sp³-hybridized carbons (Fsp3) is 0.333. The normalized spacial score (nSPS) is 17.5. The summed E-state index contributed by atoms with van der Waals surface area (Å²) in [5.41, 5.74) is 1.51. The van der Waals surface area contributed by atoms with Crippen molar-refractivity contribution in [3.8, 4) is 5.75 Å². The fourth-order valence-electron chi connectivity index (χ4n) is 3.50. The molecule has 4 rings (SSSR count). The number of aliphatic hydroxyl groups is 1. The van der Waals surface area contributed by atoms with Gasteiger partial charge in [0.15, 0.2) is 11.6 Å². The number of likely N-dealkylation sites (tertiary alicyclic amines) is 1. The minimum Gasteiger partial charge on any atom is -0.488 e. The summed E-state index contributed by atoms with van der Waals surface area (Å²) in [5.74, 6) is -0.197. The highest BCUT2D eigenvalue weighted by molar-refractivity contribution is 5.79. The molecule has 2 N–H and O–H groups in total. The van der Waals surface area contributed by atoms with Crippen molar-refractivity contribution >= 4 is 10.9 Å². The van der Waals surface area contributed by atoms with Crippen molar-refractivity contribution in [1.29, 1.82) is 0 Å². The quantitative estimate of drug-likeness (QED) is 0.734. The molecule has 1 aromatic heterocycles. The topological polar surface area (TPSA) is 48.5 Å². The van der Waals surface area contributed by atoms with Crippen molar-refractivity contribution in [2.24, 2.45) is 0 Å².